The quantitative estimate of drug-likeness (QED) is 0.0361. The smallest absolute Gasteiger partial charge is 0.356 e. The Hall–Kier alpha value is -4.69. The number of ether oxygens (including phenoxy) is 3. The van der Waals surface area contributed by atoms with Crippen LogP contribution in [0.1, 0.15) is 44.5 Å². The van der Waals surface area contributed by atoms with E-state index < -0.39 is 39.2 Å². The number of rotatable bonds is 13. The van der Waals surface area contributed by atoms with Crippen LogP contribution < -0.4 is 25.4 Å². The molecule has 53 heavy (non-hydrogen) atoms. The first-order chi connectivity index (χ1) is 25.3. The second-order valence-corrected chi connectivity index (χ2v) is 23.0. The molecule has 8 nitrogen and oxygen atoms in total. The van der Waals surface area contributed by atoms with Gasteiger partial charge in [0, 0.05) is 18.9 Å². The molecule has 0 bridgehead atoms. The lowest BCUT2D eigenvalue weighted by atomic mass is 9.79. The number of nitrogens with zero attached hydrogens (tertiary/aromatic N) is 1. The molecule has 0 aromatic heterocycles. The zero-order valence-corrected chi connectivity index (χ0v) is 33.2. The van der Waals surface area contributed by atoms with Gasteiger partial charge in [-0.1, -0.05) is 124 Å². The molecule has 1 saturated heterocycles. The third-order valence-electron chi connectivity index (χ3n) is 10.6. The summed E-state index contributed by atoms with van der Waals surface area (Å²) in [6.45, 7) is 13.3. The number of carbonyl (C=O) groups excluding carboxylic acids is 3. The predicted molar refractivity (Wildman–Crippen MR) is 215 cm³/mol. The number of carbonyl (C=O) groups is 3. The summed E-state index contributed by atoms with van der Waals surface area (Å²) in [6.07, 6.45) is 0.926. The van der Waals surface area contributed by atoms with Crippen LogP contribution in [0.3, 0.4) is 0 Å². The van der Waals surface area contributed by atoms with Gasteiger partial charge < -0.3 is 23.5 Å². The highest BCUT2D eigenvalue weighted by Crippen LogP contribution is 2.51. The molecule has 2 aliphatic rings. The van der Waals surface area contributed by atoms with Gasteiger partial charge in [0.15, 0.2) is 25.6 Å². The Labute approximate surface area is 313 Å². The summed E-state index contributed by atoms with van der Waals surface area (Å²) in [4.78, 5) is 45.9. The van der Waals surface area contributed by atoms with Gasteiger partial charge in [0.2, 0.25) is 12.7 Å². The number of fused-ring (bicyclic) bond motifs is 1. The number of β-lactam (4-membered cyclic amide) rings is 1. The van der Waals surface area contributed by atoms with E-state index in [1.165, 1.54) is 6.08 Å². The summed E-state index contributed by atoms with van der Waals surface area (Å²) in [7, 11) is -2.36. The second kappa shape index (κ2) is 15.3. The molecule has 4 aromatic carbocycles. The van der Waals surface area contributed by atoms with Crippen LogP contribution in [-0.2, 0) is 18.8 Å². The molecule has 0 saturated carbocycles. The Kier molecular flexibility index (Phi) is 11.0. The second-order valence-electron chi connectivity index (χ2n) is 15.0. The van der Waals surface area contributed by atoms with E-state index in [4.69, 9.17) is 18.6 Å². The van der Waals surface area contributed by atoms with E-state index in [1.807, 2.05) is 97.9 Å². The maximum absolute atomic E-state index is 15.1. The molecule has 3 atom stereocenters. The van der Waals surface area contributed by atoms with Crippen LogP contribution in [0.25, 0.3) is 0 Å². The van der Waals surface area contributed by atoms with Crippen LogP contribution in [-0.4, -0.2) is 61.8 Å². The van der Waals surface area contributed by atoms with Crippen molar-refractivity contribution in [1.82, 2.24) is 4.90 Å². The first kappa shape index (κ1) is 38.0. The molecule has 6 rings (SSSR count). The van der Waals surface area contributed by atoms with Crippen molar-refractivity contribution in [3.63, 3.8) is 0 Å². The molecular formula is C43H48NO7PSi. The van der Waals surface area contributed by atoms with Crippen LogP contribution in [0, 0.1) is 5.92 Å². The van der Waals surface area contributed by atoms with E-state index in [0.29, 0.717) is 17.1 Å². The maximum Gasteiger partial charge on any atom is 0.356 e. The van der Waals surface area contributed by atoms with E-state index in [2.05, 4.69) is 40.4 Å². The molecular weight excluding hydrogens is 702 g/mol. The molecule has 4 aromatic rings. The summed E-state index contributed by atoms with van der Waals surface area (Å²) < 4.78 is 23.9. The van der Waals surface area contributed by atoms with E-state index in [-0.39, 0.29) is 42.0 Å². The lowest BCUT2D eigenvalue weighted by Crippen LogP contribution is -2.69. The molecule has 0 spiro atoms. The van der Waals surface area contributed by atoms with Crippen molar-refractivity contribution in [2.75, 3.05) is 13.4 Å². The van der Waals surface area contributed by atoms with Crippen molar-refractivity contribution < 1.29 is 33.0 Å². The van der Waals surface area contributed by atoms with Crippen LogP contribution in [0.15, 0.2) is 122 Å². The molecule has 0 radical (unpaired) electrons. The SMILES string of the molecule is C=CCOC(=O)C(N1C(=O)[C@H](C(C)O[Si](C)(C)C(C)(C)C)C1CC(=O)c1ccc2c(c1)OCO2)=P(c1ccccc1)(c1ccccc1)c1ccccc1. The summed E-state index contributed by atoms with van der Waals surface area (Å²) in [6, 6.07) is 33.9. The Balaban J connectivity index is 1.62. The van der Waals surface area contributed by atoms with Gasteiger partial charge in [-0.05, 0) is 59.2 Å². The maximum atomic E-state index is 15.1. The fraction of sp³-hybridized carbons (Fsp3) is 0.302. The van der Waals surface area contributed by atoms with Crippen LogP contribution >= 0.6 is 6.89 Å². The van der Waals surface area contributed by atoms with E-state index in [9.17, 15) is 9.59 Å². The van der Waals surface area contributed by atoms with Crippen molar-refractivity contribution >= 4 is 54.2 Å². The predicted octanol–water partition coefficient (Wildman–Crippen LogP) is 7.08. The Morgan fingerprint density at radius 1 is 0.887 bits per heavy atom. The minimum atomic E-state index is -3.17. The van der Waals surface area contributed by atoms with Gasteiger partial charge in [-0.25, -0.2) is 4.79 Å². The summed E-state index contributed by atoms with van der Waals surface area (Å²) in [5.41, 5.74) is 0.642. The number of ketones is 1. The fourth-order valence-corrected chi connectivity index (χ4v) is 12.8. The Morgan fingerprint density at radius 2 is 1.42 bits per heavy atom. The fourth-order valence-electron chi connectivity index (χ4n) is 7.02. The first-order valence-electron chi connectivity index (χ1n) is 18.0. The third-order valence-corrected chi connectivity index (χ3v) is 19.5. The molecule has 10 heteroatoms. The lowest BCUT2D eigenvalue weighted by molar-refractivity contribution is -0.156. The van der Waals surface area contributed by atoms with Crippen LogP contribution in [0.5, 0.6) is 11.5 Å². The van der Waals surface area contributed by atoms with Crippen molar-refractivity contribution in [3.8, 4) is 11.5 Å². The van der Waals surface area contributed by atoms with Gasteiger partial charge in [-0.2, -0.15) is 0 Å². The van der Waals surface area contributed by atoms with Crippen molar-refractivity contribution in [2.45, 2.75) is 64.4 Å². The number of amides is 1. The minimum absolute atomic E-state index is 0.0577. The highest BCUT2D eigenvalue weighted by atomic mass is 31.2. The van der Waals surface area contributed by atoms with E-state index in [1.54, 1.807) is 23.1 Å². The average Bonchev–Trinajstić information content (AvgIpc) is 3.62. The molecule has 1 amide bonds. The summed E-state index contributed by atoms with van der Waals surface area (Å²) in [5.74, 6) is -0.755. The average molecular weight is 750 g/mol. The van der Waals surface area contributed by atoms with Crippen molar-refractivity contribution in [2.24, 2.45) is 5.92 Å². The van der Waals surface area contributed by atoms with Crippen LogP contribution in [0.2, 0.25) is 18.1 Å². The molecule has 2 unspecified atom stereocenters. The van der Waals surface area contributed by atoms with Crippen molar-refractivity contribution in [1.29, 1.82) is 0 Å². The molecule has 1 fully saturated rings. The number of benzene rings is 4. The topological polar surface area (TPSA) is 91.4 Å². The molecule has 2 heterocycles. The Bertz CT molecular complexity index is 1940. The highest BCUT2D eigenvalue weighted by molar-refractivity contribution is 7.96. The van der Waals surface area contributed by atoms with E-state index >= 15 is 4.79 Å². The van der Waals surface area contributed by atoms with Gasteiger partial charge in [0.05, 0.1) is 18.1 Å². The molecule has 0 aliphatic carbocycles. The number of Topliss-reactive ketones (excluding diaryl/α,β-unsaturated/α-hetero) is 1. The summed E-state index contributed by atoms with van der Waals surface area (Å²) in [5, 5.41) is 2.48. The van der Waals surface area contributed by atoms with Gasteiger partial charge in [-0.3, -0.25) is 9.59 Å². The van der Waals surface area contributed by atoms with Gasteiger partial charge >= 0.3 is 5.97 Å². The minimum Gasteiger partial charge on any atom is -0.457 e. The Morgan fingerprint density at radius 3 is 1.92 bits per heavy atom. The number of likely N-dealkylation sites (tertiary alicyclic amines) is 1. The third kappa shape index (κ3) is 7.18. The summed E-state index contributed by atoms with van der Waals surface area (Å²) >= 11 is 0. The molecule has 2 aliphatic heterocycles. The highest BCUT2D eigenvalue weighted by Gasteiger charge is 2.57. The number of esters is 1. The van der Waals surface area contributed by atoms with Gasteiger partial charge in [-0.15, -0.1) is 0 Å². The van der Waals surface area contributed by atoms with Crippen LogP contribution in [0.4, 0.5) is 0 Å². The largest absolute Gasteiger partial charge is 0.457 e. The monoisotopic (exact) mass is 749 g/mol. The lowest BCUT2D eigenvalue weighted by Gasteiger charge is -2.53. The zero-order valence-electron chi connectivity index (χ0n) is 31.3. The molecule has 0 N–H and O–H groups in total. The zero-order chi connectivity index (χ0) is 38.0. The number of hydrogen-bond acceptors (Lipinski definition) is 7. The van der Waals surface area contributed by atoms with Gasteiger partial charge in [0.25, 0.3) is 0 Å². The number of hydrogen-bond donors (Lipinski definition) is 0. The normalized spacial score (nSPS) is 17.5. The van der Waals surface area contributed by atoms with Crippen molar-refractivity contribution in [3.05, 3.63) is 127 Å². The van der Waals surface area contributed by atoms with E-state index in [0.717, 1.165) is 15.9 Å². The first-order valence-corrected chi connectivity index (χ1v) is 22.7. The van der Waals surface area contributed by atoms with Gasteiger partial charge in [0.1, 0.15) is 12.0 Å². The standard InChI is InChI=1S/C43H48NO7PSi/c1-8-26-48-42(47)41(52(32-18-12-9-13-19-32,33-20-14-10-15-21-33)34-22-16-11-17-23-34)44-35(28-36(45)31-24-25-37-38(27-31)50-29-49-37)39(40(44)46)30(2)51-53(6,7)43(3,4)5/h8-25,27,30,35,39H,1,26,28-29H2,2-7H3/t30?,35?,39-/m1/s1. The molecule has 276 valence electrons.